The number of carbonyl (C=O) groups is 1. The van der Waals surface area contributed by atoms with Gasteiger partial charge in [-0.2, -0.15) is 5.10 Å². The van der Waals surface area contributed by atoms with Gasteiger partial charge in [-0.05, 0) is 43.2 Å². The van der Waals surface area contributed by atoms with Crippen molar-refractivity contribution < 1.29 is 9.18 Å². The molecule has 4 heterocycles. The minimum absolute atomic E-state index is 0.00596. The average Bonchev–Trinajstić information content (AvgIpc) is 3.31. The van der Waals surface area contributed by atoms with Crippen molar-refractivity contribution in [1.82, 2.24) is 24.3 Å². The topological polar surface area (TPSA) is 150 Å². The van der Waals surface area contributed by atoms with Gasteiger partial charge in [0.15, 0.2) is 0 Å². The molecular weight excluding hydrogens is 584 g/mol. The maximum absolute atomic E-state index is 15.3. The van der Waals surface area contributed by atoms with E-state index in [4.69, 9.17) is 34.8 Å². The molecule has 3 atom stereocenters. The molecule has 1 aliphatic rings. The first-order valence-corrected chi connectivity index (χ1v) is 13.8. The standard InChI is InChI=1S/C28H28Cl2FN9O2/c1-15-19(31)4-6-24(21-9-16(7-8-34-21)27-22(37-28(15)42)12-36-38(27)2)39-14-35-20(11-26(39)41)18-10-17(29)3-5-23(18)40(33)13-25(30)32/h3,5,7-15,19,24H,4,6,32-33H2,1-2H3,(H,37,42)/b25-13-. The second-order valence-electron chi connectivity index (χ2n) is 9.99. The molecule has 218 valence electrons. The molecule has 14 heteroatoms. The number of nitrogens with one attached hydrogen (secondary N) is 1. The van der Waals surface area contributed by atoms with Gasteiger partial charge in [-0.1, -0.05) is 30.1 Å². The average molecular weight is 612 g/mol. The fourth-order valence-corrected chi connectivity index (χ4v) is 5.27. The summed E-state index contributed by atoms with van der Waals surface area (Å²) >= 11 is 12.1. The summed E-state index contributed by atoms with van der Waals surface area (Å²) in [7, 11) is 1.74. The molecule has 42 heavy (non-hydrogen) atoms. The van der Waals surface area contributed by atoms with E-state index in [0.29, 0.717) is 39.0 Å². The van der Waals surface area contributed by atoms with E-state index in [-0.39, 0.29) is 18.0 Å². The first kappa shape index (κ1) is 29.2. The highest BCUT2D eigenvalue weighted by Crippen LogP contribution is 2.34. The number of anilines is 2. The van der Waals surface area contributed by atoms with Gasteiger partial charge in [-0.15, -0.1) is 0 Å². The minimum atomic E-state index is -1.47. The van der Waals surface area contributed by atoms with E-state index >= 15 is 4.39 Å². The van der Waals surface area contributed by atoms with Gasteiger partial charge in [0.2, 0.25) is 5.91 Å². The van der Waals surface area contributed by atoms with Crippen molar-refractivity contribution in [1.29, 1.82) is 0 Å². The Bertz CT molecular complexity index is 1730. The zero-order valence-electron chi connectivity index (χ0n) is 22.7. The summed E-state index contributed by atoms with van der Waals surface area (Å²) in [4.78, 5) is 35.6. The number of nitrogens with zero attached hydrogens (tertiary/aromatic N) is 6. The van der Waals surface area contributed by atoms with Crippen LogP contribution in [0.5, 0.6) is 0 Å². The van der Waals surface area contributed by atoms with Crippen LogP contribution < -0.4 is 27.5 Å². The summed E-state index contributed by atoms with van der Waals surface area (Å²) in [5.41, 5.74) is 8.71. The van der Waals surface area contributed by atoms with Gasteiger partial charge in [0, 0.05) is 35.5 Å². The molecule has 0 saturated carbocycles. The van der Waals surface area contributed by atoms with Crippen LogP contribution in [-0.4, -0.2) is 36.4 Å². The lowest BCUT2D eigenvalue weighted by Crippen LogP contribution is -2.31. The highest BCUT2D eigenvalue weighted by atomic mass is 35.5. The summed E-state index contributed by atoms with van der Waals surface area (Å²) in [5, 5.41) is 8.63. The molecule has 5 N–H and O–H groups in total. The Labute approximate surface area is 250 Å². The number of carbonyl (C=O) groups excluding carboxylic acids is 1. The zero-order chi connectivity index (χ0) is 30.1. The number of halogens is 3. The molecule has 0 saturated heterocycles. The predicted octanol–water partition coefficient (Wildman–Crippen LogP) is 4.33. The second-order valence-corrected chi connectivity index (χ2v) is 10.9. The molecule has 3 aromatic heterocycles. The molecule has 1 aliphatic heterocycles. The van der Waals surface area contributed by atoms with Crippen molar-refractivity contribution in [2.24, 2.45) is 24.5 Å². The minimum Gasteiger partial charge on any atom is -0.388 e. The van der Waals surface area contributed by atoms with Crippen LogP contribution in [0, 0.1) is 5.92 Å². The maximum Gasteiger partial charge on any atom is 0.254 e. The highest BCUT2D eigenvalue weighted by Gasteiger charge is 2.29. The molecule has 0 spiro atoms. The van der Waals surface area contributed by atoms with Crippen molar-refractivity contribution in [3.63, 3.8) is 0 Å². The van der Waals surface area contributed by atoms with Gasteiger partial charge in [0.05, 0.1) is 59.1 Å². The van der Waals surface area contributed by atoms with Crippen LogP contribution in [0.4, 0.5) is 15.8 Å². The number of hydrogen-bond acceptors (Lipinski definition) is 8. The third-order valence-corrected chi connectivity index (χ3v) is 7.54. The number of fused-ring (bicyclic) bond motifs is 4. The summed E-state index contributed by atoms with van der Waals surface area (Å²) in [6, 6.07) is 9.16. The number of rotatable bonds is 4. The van der Waals surface area contributed by atoms with Gasteiger partial charge in [-0.3, -0.25) is 28.8 Å². The first-order chi connectivity index (χ1) is 20.0. The van der Waals surface area contributed by atoms with Crippen LogP contribution >= 0.6 is 23.2 Å². The molecule has 0 radical (unpaired) electrons. The number of benzene rings is 1. The molecule has 0 fully saturated rings. The lowest BCUT2D eigenvalue weighted by molar-refractivity contribution is -0.121. The van der Waals surface area contributed by atoms with E-state index in [0.717, 1.165) is 5.56 Å². The van der Waals surface area contributed by atoms with Crippen LogP contribution in [0.1, 0.15) is 31.5 Å². The first-order valence-electron chi connectivity index (χ1n) is 13.0. The zero-order valence-corrected chi connectivity index (χ0v) is 24.2. The van der Waals surface area contributed by atoms with E-state index in [1.54, 1.807) is 48.3 Å². The number of amides is 1. The lowest BCUT2D eigenvalue weighted by atomic mass is 9.95. The SMILES string of the molecule is CC1C(=O)Nc2cnn(C)c2-c2ccnc(c2)C(n2cnc(-c3cc(Cl)ccc3N(N)/C=C(\N)Cl)cc2=O)CCC1F. The van der Waals surface area contributed by atoms with E-state index < -0.39 is 29.6 Å². The smallest absolute Gasteiger partial charge is 0.254 e. The van der Waals surface area contributed by atoms with E-state index in [1.165, 1.54) is 41.3 Å². The van der Waals surface area contributed by atoms with E-state index in [9.17, 15) is 9.59 Å². The van der Waals surface area contributed by atoms with E-state index in [1.807, 2.05) is 0 Å². The lowest BCUT2D eigenvalue weighted by Gasteiger charge is -2.24. The third kappa shape index (κ3) is 5.87. The Kier molecular flexibility index (Phi) is 8.30. The van der Waals surface area contributed by atoms with Gasteiger partial charge in [0.25, 0.3) is 5.56 Å². The Hall–Kier alpha value is -4.26. The van der Waals surface area contributed by atoms with Crippen LogP contribution in [-0.2, 0) is 11.8 Å². The maximum atomic E-state index is 15.3. The van der Waals surface area contributed by atoms with Gasteiger partial charge in [0.1, 0.15) is 11.3 Å². The number of hydrazine groups is 1. The molecule has 4 aromatic rings. The largest absolute Gasteiger partial charge is 0.388 e. The van der Waals surface area contributed by atoms with Gasteiger partial charge in [-0.25, -0.2) is 15.2 Å². The number of aromatic nitrogens is 5. The fourth-order valence-electron chi connectivity index (χ4n) is 4.99. The van der Waals surface area contributed by atoms with Crippen LogP contribution in [0.3, 0.4) is 0 Å². The third-order valence-electron chi connectivity index (χ3n) is 7.21. The Morgan fingerprint density at radius 2 is 1.98 bits per heavy atom. The number of alkyl halides is 1. The van der Waals surface area contributed by atoms with Crippen molar-refractivity contribution in [3.8, 4) is 22.5 Å². The fraction of sp³-hybridized carbons (Fsp3) is 0.250. The Balaban J connectivity index is 1.61. The summed E-state index contributed by atoms with van der Waals surface area (Å²) in [6.45, 7) is 1.53. The quantitative estimate of drug-likeness (QED) is 0.175. The summed E-state index contributed by atoms with van der Waals surface area (Å²) in [5.74, 6) is 4.73. The van der Waals surface area contributed by atoms with Crippen LogP contribution in [0.2, 0.25) is 5.02 Å². The van der Waals surface area contributed by atoms with Crippen LogP contribution in [0.15, 0.2) is 71.3 Å². The van der Waals surface area contributed by atoms with Crippen molar-refractivity contribution in [3.05, 3.63) is 87.5 Å². The monoisotopic (exact) mass is 611 g/mol. The van der Waals surface area contributed by atoms with Crippen molar-refractivity contribution in [2.75, 3.05) is 10.3 Å². The highest BCUT2D eigenvalue weighted by molar-refractivity contribution is 6.31. The van der Waals surface area contributed by atoms with Gasteiger partial charge >= 0.3 is 0 Å². The molecule has 11 nitrogen and oxygen atoms in total. The molecular formula is C28H28Cl2FN9O2. The molecule has 0 aliphatic carbocycles. The van der Waals surface area contributed by atoms with Gasteiger partial charge < -0.3 is 11.1 Å². The summed E-state index contributed by atoms with van der Waals surface area (Å²) in [6.07, 6.45) is 4.55. The Morgan fingerprint density at radius 3 is 2.71 bits per heavy atom. The number of nitrogens with two attached hydrogens (primary N) is 2. The molecule has 1 amide bonds. The summed E-state index contributed by atoms with van der Waals surface area (Å²) < 4.78 is 18.4. The predicted molar refractivity (Wildman–Crippen MR) is 160 cm³/mol. The van der Waals surface area contributed by atoms with Crippen molar-refractivity contribution >= 4 is 40.5 Å². The number of hydrogen-bond donors (Lipinski definition) is 3. The Morgan fingerprint density at radius 1 is 1.19 bits per heavy atom. The number of aryl methyl sites for hydroxylation is 1. The normalized spacial score (nSPS) is 19.3. The second kappa shape index (κ2) is 11.9. The van der Waals surface area contributed by atoms with E-state index in [2.05, 4.69) is 20.4 Å². The molecule has 5 rings (SSSR count). The number of pyridine rings is 1. The molecule has 2 bridgehead atoms. The molecule has 3 unspecified atom stereocenters. The molecule has 1 aromatic carbocycles. The van der Waals surface area contributed by atoms with Crippen LogP contribution in [0.25, 0.3) is 22.5 Å². The van der Waals surface area contributed by atoms with Crippen molar-refractivity contribution in [2.45, 2.75) is 32.0 Å².